The molecule has 1 atom stereocenters. The molecular weight excluding hydrogens is 491 g/mol. The number of para-hydroxylation sites is 2. The van der Waals surface area contributed by atoms with Gasteiger partial charge in [-0.1, -0.05) is 36.4 Å². The molecule has 30 heavy (non-hydrogen) atoms. The minimum absolute atomic E-state index is 0. The first kappa shape index (κ1) is 22.4. The highest BCUT2D eigenvalue weighted by molar-refractivity contribution is 14.0. The van der Waals surface area contributed by atoms with E-state index in [4.69, 9.17) is 4.74 Å². The number of aliphatic imine (C=N–C) groups is 1. The number of hydrogen-bond donors (Lipinski definition) is 2. The van der Waals surface area contributed by atoms with E-state index in [0.29, 0.717) is 5.96 Å². The van der Waals surface area contributed by atoms with Gasteiger partial charge in [0.1, 0.15) is 11.4 Å². The number of rotatable bonds is 3. The fraction of sp³-hybridized carbons (Fsp3) is 0.391. The Kier molecular flexibility index (Phi) is 6.90. The van der Waals surface area contributed by atoms with Gasteiger partial charge in [-0.15, -0.1) is 24.0 Å². The van der Waals surface area contributed by atoms with E-state index in [2.05, 4.69) is 41.6 Å². The van der Waals surface area contributed by atoms with Crippen LogP contribution in [0.1, 0.15) is 37.4 Å². The Balaban J connectivity index is 0.00000256. The summed E-state index contributed by atoms with van der Waals surface area (Å²) in [7, 11) is 1.72. The molecule has 2 aromatic rings. The lowest BCUT2D eigenvalue weighted by Crippen LogP contribution is -2.48. The van der Waals surface area contributed by atoms with E-state index in [1.54, 1.807) is 7.05 Å². The van der Waals surface area contributed by atoms with Gasteiger partial charge in [-0.3, -0.25) is 9.79 Å². The number of hydrogen-bond acceptors (Lipinski definition) is 3. The molecule has 160 valence electrons. The van der Waals surface area contributed by atoms with Crippen LogP contribution in [0.25, 0.3) is 0 Å². The van der Waals surface area contributed by atoms with Crippen LogP contribution in [-0.2, 0) is 11.2 Å². The molecule has 0 saturated heterocycles. The molecule has 1 unspecified atom stereocenters. The van der Waals surface area contributed by atoms with Crippen molar-refractivity contribution in [1.29, 1.82) is 0 Å². The first-order valence-corrected chi connectivity index (χ1v) is 10.1. The summed E-state index contributed by atoms with van der Waals surface area (Å²) >= 11 is 0. The first-order valence-electron chi connectivity index (χ1n) is 10.1. The Morgan fingerprint density at radius 3 is 2.73 bits per heavy atom. The Bertz CT molecular complexity index is 944. The van der Waals surface area contributed by atoms with Crippen LogP contribution in [0.3, 0.4) is 0 Å². The van der Waals surface area contributed by atoms with Crippen molar-refractivity contribution in [1.82, 2.24) is 10.6 Å². The number of nitrogens with one attached hydrogen (secondary N) is 2. The minimum atomic E-state index is -0.278. The highest BCUT2D eigenvalue weighted by Gasteiger charge is 2.34. The second kappa shape index (κ2) is 9.24. The highest BCUT2D eigenvalue weighted by Crippen LogP contribution is 2.39. The summed E-state index contributed by atoms with van der Waals surface area (Å²) in [6.07, 6.45) is 1.71. The zero-order valence-corrected chi connectivity index (χ0v) is 20.0. The number of amides is 1. The van der Waals surface area contributed by atoms with E-state index >= 15 is 0 Å². The van der Waals surface area contributed by atoms with Gasteiger partial charge in [0, 0.05) is 31.3 Å². The van der Waals surface area contributed by atoms with Crippen molar-refractivity contribution >= 4 is 41.5 Å². The lowest BCUT2D eigenvalue weighted by molar-refractivity contribution is -0.117. The predicted molar refractivity (Wildman–Crippen MR) is 131 cm³/mol. The molecule has 0 saturated carbocycles. The van der Waals surface area contributed by atoms with Gasteiger partial charge in [-0.2, -0.15) is 0 Å². The molecule has 0 spiro atoms. The van der Waals surface area contributed by atoms with Crippen molar-refractivity contribution in [3.63, 3.8) is 0 Å². The fourth-order valence-corrected chi connectivity index (χ4v) is 4.14. The standard InChI is InChI=1S/C23H28N4O2.HI/c1-23(2)14-18(17-9-5-7-11-20(17)29-23)26-22(24-3)25-15-21(28)27-13-12-16-8-4-6-10-19(16)27;/h4-11,18H,12-15H2,1-3H3,(H2,24,25,26);1H. The molecule has 7 heteroatoms. The molecule has 0 aromatic heterocycles. The number of guanidine groups is 1. The summed E-state index contributed by atoms with van der Waals surface area (Å²) < 4.78 is 6.10. The van der Waals surface area contributed by atoms with Crippen molar-refractivity contribution in [3.8, 4) is 5.75 Å². The van der Waals surface area contributed by atoms with Crippen LogP contribution in [0.4, 0.5) is 5.69 Å². The van der Waals surface area contributed by atoms with Crippen LogP contribution in [-0.4, -0.2) is 37.6 Å². The molecule has 0 bridgehead atoms. The lowest BCUT2D eigenvalue weighted by Gasteiger charge is -2.38. The summed E-state index contributed by atoms with van der Waals surface area (Å²) in [6.45, 7) is 5.10. The van der Waals surface area contributed by atoms with E-state index in [-0.39, 0.29) is 48.1 Å². The van der Waals surface area contributed by atoms with Gasteiger partial charge in [0.15, 0.2) is 5.96 Å². The van der Waals surface area contributed by atoms with Crippen LogP contribution in [0.15, 0.2) is 53.5 Å². The van der Waals surface area contributed by atoms with Gasteiger partial charge in [-0.05, 0) is 38.0 Å². The first-order chi connectivity index (χ1) is 14.0. The van der Waals surface area contributed by atoms with Crippen molar-refractivity contribution in [2.24, 2.45) is 4.99 Å². The zero-order valence-electron chi connectivity index (χ0n) is 17.6. The third-order valence-corrected chi connectivity index (χ3v) is 5.51. The highest BCUT2D eigenvalue weighted by atomic mass is 127. The van der Waals surface area contributed by atoms with Gasteiger partial charge in [0.05, 0.1) is 12.6 Å². The Morgan fingerprint density at radius 2 is 1.93 bits per heavy atom. The van der Waals surface area contributed by atoms with Gasteiger partial charge in [0.25, 0.3) is 0 Å². The van der Waals surface area contributed by atoms with Crippen LogP contribution >= 0.6 is 24.0 Å². The number of ether oxygens (including phenoxy) is 1. The number of carbonyl (C=O) groups is 1. The van der Waals surface area contributed by atoms with E-state index in [0.717, 1.165) is 36.4 Å². The van der Waals surface area contributed by atoms with E-state index < -0.39 is 0 Å². The third kappa shape index (κ3) is 4.71. The SMILES string of the molecule is CN=C(NCC(=O)N1CCc2ccccc21)NC1CC(C)(C)Oc2ccccc21.I. The Morgan fingerprint density at radius 1 is 1.20 bits per heavy atom. The molecule has 6 nitrogen and oxygen atoms in total. The van der Waals surface area contributed by atoms with Gasteiger partial charge in [0.2, 0.25) is 5.91 Å². The van der Waals surface area contributed by atoms with Gasteiger partial charge < -0.3 is 20.3 Å². The topological polar surface area (TPSA) is 66.0 Å². The van der Waals surface area contributed by atoms with Crippen molar-refractivity contribution in [2.75, 3.05) is 25.0 Å². The summed E-state index contributed by atoms with van der Waals surface area (Å²) in [5, 5.41) is 6.66. The summed E-state index contributed by atoms with van der Waals surface area (Å²) in [5.74, 6) is 1.55. The average molecular weight is 520 g/mol. The predicted octanol–water partition coefficient (Wildman–Crippen LogP) is 3.66. The molecule has 1 amide bonds. The average Bonchev–Trinajstić information content (AvgIpc) is 3.14. The summed E-state index contributed by atoms with van der Waals surface area (Å²) in [4.78, 5) is 19.0. The molecule has 0 aliphatic carbocycles. The van der Waals surface area contributed by atoms with Crippen LogP contribution < -0.4 is 20.3 Å². The molecule has 2 aliphatic heterocycles. The number of nitrogens with zero attached hydrogens (tertiary/aromatic N) is 2. The second-order valence-electron chi connectivity index (χ2n) is 8.15. The zero-order chi connectivity index (χ0) is 20.4. The number of fused-ring (bicyclic) bond motifs is 2. The number of carbonyl (C=O) groups excluding carboxylic acids is 1. The maximum absolute atomic E-state index is 12.8. The molecule has 2 heterocycles. The van der Waals surface area contributed by atoms with Crippen molar-refractivity contribution in [2.45, 2.75) is 38.3 Å². The lowest BCUT2D eigenvalue weighted by atomic mass is 9.90. The van der Waals surface area contributed by atoms with E-state index in [1.165, 1.54) is 5.56 Å². The van der Waals surface area contributed by atoms with Gasteiger partial charge >= 0.3 is 0 Å². The Hall–Kier alpha value is -2.29. The monoisotopic (exact) mass is 520 g/mol. The van der Waals surface area contributed by atoms with Crippen molar-refractivity contribution < 1.29 is 9.53 Å². The normalized spacial score (nSPS) is 19.1. The maximum atomic E-state index is 12.8. The fourth-order valence-electron chi connectivity index (χ4n) is 4.14. The molecule has 2 aromatic carbocycles. The van der Waals surface area contributed by atoms with Crippen LogP contribution in [0, 0.1) is 0 Å². The molecule has 0 radical (unpaired) electrons. The quantitative estimate of drug-likeness (QED) is 0.369. The summed E-state index contributed by atoms with van der Waals surface area (Å²) in [6, 6.07) is 16.2. The Labute approximate surface area is 195 Å². The van der Waals surface area contributed by atoms with E-state index in [9.17, 15) is 4.79 Å². The third-order valence-electron chi connectivity index (χ3n) is 5.51. The largest absolute Gasteiger partial charge is 0.487 e. The maximum Gasteiger partial charge on any atom is 0.246 e. The number of benzene rings is 2. The second-order valence-corrected chi connectivity index (χ2v) is 8.15. The molecule has 2 N–H and O–H groups in total. The number of anilines is 1. The van der Waals surface area contributed by atoms with Crippen molar-refractivity contribution in [3.05, 3.63) is 59.7 Å². The smallest absolute Gasteiger partial charge is 0.246 e. The van der Waals surface area contributed by atoms with Gasteiger partial charge in [-0.25, -0.2) is 0 Å². The number of halogens is 1. The van der Waals surface area contributed by atoms with Crippen LogP contribution in [0.5, 0.6) is 5.75 Å². The van der Waals surface area contributed by atoms with Crippen LogP contribution in [0.2, 0.25) is 0 Å². The molecular formula is C23H29IN4O2. The summed E-state index contributed by atoms with van der Waals surface area (Å²) in [5.41, 5.74) is 3.07. The molecule has 4 rings (SSSR count). The minimum Gasteiger partial charge on any atom is -0.487 e. The molecule has 0 fully saturated rings. The molecule has 2 aliphatic rings. The van der Waals surface area contributed by atoms with E-state index in [1.807, 2.05) is 41.3 Å².